The molecule has 1 heterocycles. The van der Waals surface area contributed by atoms with Gasteiger partial charge in [0.1, 0.15) is 5.58 Å². The summed E-state index contributed by atoms with van der Waals surface area (Å²) < 4.78 is 11.2. The average Bonchev–Trinajstić information content (AvgIpc) is 2.87. The molecule has 0 saturated heterocycles. The van der Waals surface area contributed by atoms with Gasteiger partial charge in [-0.15, -0.1) is 0 Å². The van der Waals surface area contributed by atoms with Gasteiger partial charge in [0.2, 0.25) is 0 Å². The van der Waals surface area contributed by atoms with Gasteiger partial charge in [0.05, 0.1) is 6.61 Å². The van der Waals surface area contributed by atoms with E-state index >= 15 is 0 Å². The topological polar surface area (TPSA) is 75.5 Å². The molecule has 3 N–H and O–H groups in total. The molecule has 0 aliphatic carbocycles. The summed E-state index contributed by atoms with van der Waals surface area (Å²) >= 11 is 5.15. The van der Waals surface area contributed by atoms with E-state index in [1.165, 1.54) is 0 Å². The summed E-state index contributed by atoms with van der Waals surface area (Å²) in [4.78, 5) is 12.5. The first-order valence-electron chi connectivity index (χ1n) is 7.78. The minimum absolute atomic E-state index is 0.200. The third-order valence-electron chi connectivity index (χ3n) is 3.13. The van der Waals surface area contributed by atoms with Crippen molar-refractivity contribution in [2.24, 2.45) is 0 Å². The summed E-state index contributed by atoms with van der Waals surface area (Å²) in [6.45, 7) is 8.69. The zero-order valence-corrected chi connectivity index (χ0v) is 15.2. The number of amides is 1. The number of benzene rings is 1. The molecule has 0 fully saturated rings. The Bertz CT molecular complexity index is 734. The molecule has 0 radical (unpaired) electrons. The van der Waals surface area contributed by atoms with Crippen molar-refractivity contribution in [3.05, 3.63) is 35.6 Å². The lowest BCUT2D eigenvalue weighted by molar-refractivity contribution is 0.0904. The fourth-order valence-electron chi connectivity index (χ4n) is 2.17. The summed E-state index contributed by atoms with van der Waals surface area (Å²) in [6, 6.07) is 7.48. The summed E-state index contributed by atoms with van der Waals surface area (Å²) in [7, 11) is 0. The van der Waals surface area contributed by atoms with Crippen molar-refractivity contribution in [1.82, 2.24) is 16.2 Å². The Balaban J connectivity index is 2.15. The van der Waals surface area contributed by atoms with Crippen molar-refractivity contribution in [3.8, 4) is 0 Å². The summed E-state index contributed by atoms with van der Waals surface area (Å²) in [5, 5.41) is 4.25. The lowest BCUT2D eigenvalue weighted by Crippen LogP contribution is -2.52. The van der Waals surface area contributed by atoms with Gasteiger partial charge < -0.3 is 14.5 Å². The molecule has 7 heteroatoms. The van der Waals surface area contributed by atoms with Crippen LogP contribution in [0, 0.1) is 0 Å². The van der Waals surface area contributed by atoms with Crippen LogP contribution in [0.25, 0.3) is 11.0 Å². The van der Waals surface area contributed by atoms with Crippen LogP contribution in [-0.2, 0) is 11.3 Å². The van der Waals surface area contributed by atoms with Crippen molar-refractivity contribution in [1.29, 1.82) is 0 Å². The number of thiocarbonyl (C=S) groups is 1. The van der Waals surface area contributed by atoms with Crippen LogP contribution in [0.3, 0.4) is 0 Å². The lowest BCUT2D eigenvalue weighted by Gasteiger charge is -2.22. The van der Waals surface area contributed by atoms with Crippen LogP contribution in [0.2, 0.25) is 0 Å². The number of nitrogens with one attached hydrogen (secondary N) is 3. The Morgan fingerprint density at radius 1 is 1.25 bits per heavy atom. The van der Waals surface area contributed by atoms with Crippen LogP contribution >= 0.6 is 12.2 Å². The number of fused-ring (bicyclic) bond motifs is 1. The first kappa shape index (κ1) is 18.2. The maximum absolute atomic E-state index is 12.5. The standard InChI is InChI=1S/C17H23N3O3S/c1-5-22-10-12-11-8-6-7-9-13(11)23-14(12)15(21)19-20-16(24)18-17(2,3)4/h6-9H,5,10H2,1-4H3,(H,19,21)(H2,18,20,24). The van der Waals surface area contributed by atoms with E-state index in [2.05, 4.69) is 16.2 Å². The molecule has 0 bridgehead atoms. The summed E-state index contributed by atoms with van der Waals surface area (Å²) in [5.41, 5.74) is 6.41. The molecule has 1 aromatic carbocycles. The van der Waals surface area contributed by atoms with Crippen LogP contribution in [0.5, 0.6) is 0 Å². The van der Waals surface area contributed by atoms with E-state index in [0.717, 1.165) is 10.9 Å². The number of hydrazine groups is 1. The Kier molecular flexibility index (Phi) is 5.80. The molecule has 0 saturated carbocycles. The predicted octanol–water partition coefficient (Wildman–Crippen LogP) is 2.88. The maximum atomic E-state index is 12.5. The Morgan fingerprint density at radius 2 is 1.96 bits per heavy atom. The van der Waals surface area contributed by atoms with E-state index in [1.54, 1.807) is 0 Å². The fourth-order valence-corrected chi connectivity index (χ4v) is 2.53. The van der Waals surface area contributed by atoms with Gasteiger partial charge in [-0.3, -0.25) is 15.6 Å². The van der Waals surface area contributed by atoms with Crippen LogP contribution in [-0.4, -0.2) is 23.2 Å². The van der Waals surface area contributed by atoms with Crippen molar-refractivity contribution >= 4 is 34.2 Å². The lowest BCUT2D eigenvalue weighted by atomic mass is 10.1. The van der Waals surface area contributed by atoms with E-state index in [4.69, 9.17) is 21.4 Å². The van der Waals surface area contributed by atoms with Crippen molar-refractivity contribution in [2.75, 3.05) is 6.61 Å². The Labute approximate surface area is 146 Å². The molecule has 0 spiro atoms. The van der Waals surface area contributed by atoms with E-state index in [-0.39, 0.29) is 11.3 Å². The molecule has 2 aromatic rings. The van der Waals surface area contributed by atoms with Crippen molar-refractivity contribution < 1.29 is 13.9 Å². The highest BCUT2D eigenvalue weighted by Gasteiger charge is 2.21. The second-order valence-corrected chi connectivity index (χ2v) is 6.73. The number of furan rings is 1. The highest BCUT2D eigenvalue weighted by Crippen LogP contribution is 2.26. The van der Waals surface area contributed by atoms with Crippen LogP contribution < -0.4 is 16.2 Å². The van der Waals surface area contributed by atoms with Crippen LogP contribution in [0.4, 0.5) is 0 Å². The molecule has 0 unspecified atom stereocenters. The maximum Gasteiger partial charge on any atom is 0.305 e. The van der Waals surface area contributed by atoms with Gasteiger partial charge >= 0.3 is 5.91 Å². The zero-order chi connectivity index (χ0) is 17.7. The van der Waals surface area contributed by atoms with Gasteiger partial charge in [0.15, 0.2) is 10.9 Å². The Hall–Kier alpha value is -2.12. The van der Waals surface area contributed by atoms with Crippen LogP contribution in [0.15, 0.2) is 28.7 Å². The predicted molar refractivity (Wildman–Crippen MR) is 97.6 cm³/mol. The molecule has 1 amide bonds. The average molecular weight is 349 g/mol. The smallest absolute Gasteiger partial charge is 0.305 e. The number of carbonyl (C=O) groups excluding carboxylic acids is 1. The molecule has 2 rings (SSSR count). The second-order valence-electron chi connectivity index (χ2n) is 6.33. The molecule has 0 atom stereocenters. The normalized spacial score (nSPS) is 11.3. The second kappa shape index (κ2) is 7.63. The Morgan fingerprint density at radius 3 is 2.62 bits per heavy atom. The third-order valence-corrected chi connectivity index (χ3v) is 3.34. The molecule has 0 aliphatic rings. The number of carbonyl (C=O) groups is 1. The number of ether oxygens (including phenoxy) is 1. The monoisotopic (exact) mass is 349 g/mol. The summed E-state index contributed by atoms with van der Waals surface area (Å²) in [6.07, 6.45) is 0. The van der Waals surface area contributed by atoms with Gasteiger partial charge in [0.25, 0.3) is 0 Å². The van der Waals surface area contributed by atoms with E-state index in [1.807, 2.05) is 52.0 Å². The van der Waals surface area contributed by atoms with Gasteiger partial charge in [-0.25, -0.2) is 0 Å². The highest BCUT2D eigenvalue weighted by atomic mass is 32.1. The summed E-state index contributed by atoms with van der Waals surface area (Å²) in [5.74, 6) is -0.185. The van der Waals surface area contributed by atoms with Gasteiger partial charge in [-0.1, -0.05) is 18.2 Å². The van der Waals surface area contributed by atoms with E-state index in [9.17, 15) is 4.79 Å². The zero-order valence-electron chi connectivity index (χ0n) is 14.4. The minimum atomic E-state index is -0.404. The SMILES string of the molecule is CCOCc1c(C(=O)NNC(=S)NC(C)(C)C)oc2ccccc12. The van der Waals surface area contributed by atoms with Crippen molar-refractivity contribution in [3.63, 3.8) is 0 Å². The molecular weight excluding hydrogens is 326 g/mol. The number of para-hydroxylation sites is 1. The van der Waals surface area contributed by atoms with E-state index in [0.29, 0.717) is 23.9 Å². The van der Waals surface area contributed by atoms with Gasteiger partial charge in [0, 0.05) is 23.1 Å². The van der Waals surface area contributed by atoms with Crippen molar-refractivity contribution in [2.45, 2.75) is 39.8 Å². The largest absolute Gasteiger partial charge is 0.450 e. The molecule has 24 heavy (non-hydrogen) atoms. The molecule has 1 aromatic heterocycles. The number of hydrogen-bond acceptors (Lipinski definition) is 4. The van der Waals surface area contributed by atoms with Crippen LogP contribution in [0.1, 0.15) is 43.8 Å². The van der Waals surface area contributed by atoms with Gasteiger partial charge in [-0.05, 0) is 46.0 Å². The number of rotatable bonds is 4. The number of hydrogen-bond donors (Lipinski definition) is 3. The highest BCUT2D eigenvalue weighted by molar-refractivity contribution is 7.80. The minimum Gasteiger partial charge on any atom is -0.450 e. The molecule has 0 aliphatic heterocycles. The quantitative estimate of drug-likeness (QED) is 0.582. The molecule has 6 nitrogen and oxygen atoms in total. The first-order chi connectivity index (χ1) is 11.3. The molecular formula is C17H23N3O3S. The molecule has 130 valence electrons. The first-order valence-corrected chi connectivity index (χ1v) is 8.19. The fraction of sp³-hybridized carbons (Fsp3) is 0.412. The van der Waals surface area contributed by atoms with E-state index < -0.39 is 5.91 Å². The van der Waals surface area contributed by atoms with Gasteiger partial charge in [-0.2, -0.15) is 0 Å². The third kappa shape index (κ3) is 4.69.